The molecule has 3 aromatic rings. The van der Waals surface area contributed by atoms with Gasteiger partial charge in [-0.1, -0.05) is 48.5 Å². The minimum Gasteiger partial charge on any atom is -0.494 e. The van der Waals surface area contributed by atoms with E-state index in [1.165, 1.54) is 13.2 Å². The summed E-state index contributed by atoms with van der Waals surface area (Å²) in [4.78, 5) is 15.0. The van der Waals surface area contributed by atoms with E-state index in [-0.39, 0.29) is 11.7 Å². The fraction of sp³-hybridized carbons (Fsp3) is 0.174. The number of amides is 1. The summed E-state index contributed by atoms with van der Waals surface area (Å²) in [6.45, 7) is 0.516. The van der Waals surface area contributed by atoms with Crippen molar-refractivity contribution in [3.63, 3.8) is 0 Å². The number of benzene rings is 3. The van der Waals surface area contributed by atoms with E-state index in [1.807, 2.05) is 54.6 Å². The van der Waals surface area contributed by atoms with Crippen molar-refractivity contribution in [1.29, 1.82) is 0 Å². The quantitative estimate of drug-likeness (QED) is 0.705. The summed E-state index contributed by atoms with van der Waals surface area (Å²) >= 11 is 0. The third kappa shape index (κ3) is 3.43. The maximum atomic E-state index is 14.3. The molecule has 0 unspecified atom stereocenters. The summed E-state index contributed by atoms with van der Waals surface area (Å²) in [6.07, 6.45) is 0.262. The lowest BCUT2D eigenvalue weighted by atomic mass is 10.0. The molecule has 0 aromatic heterocycles. The van der Waals surface area contributed by atoms with Gasteiger partial charge in [0.2, 0.25) is 0 Å². The molecular weight excluding hydrogens is 355 g/mol. The molecule has 28 heavy (non-hydrogen) atoms. The lowest BCUT2D eigenvalue weighted by molar-refractivity contribution is 0.0685. The zero-order valence-electron chi connectivity index (χ0n) is 15.6. The van der Waals surface area contributed by atoms with Crippen molar-refractivity contribution in [3.05, 3.63) is 95.3 Å². The van der Waals surface area contributed by atoms with Gasteiger partial charge in [-0.2, -0.15) is 0 Å². The van der Waals surface area contributed by atoms with Gasteiger partial charge in [-0.25, -0.2) is 4.39 Å². The van der Waals surface area contributed by atoms with Crippen LogP contribution in [0.1, 0.15) is 27.7 Å². The third-order valence-electron chi connectivity index (χ3n) is 5.00. The average Bonchev–Trinajstić information content (AvgIpc) is 2.73. The normalized spacial score (nSPS) is 15.7. The minimum atomic E-state index is -0.452. The van der Waals surface area contributed by atoms with Gasteiger partial charge in [-0.15, -0.1) is 0 Å². The van der Waals surface area contributed by atoms with Gasteiger partial charge >= 0.3 is 0 Å². The molecule has 1 aliphatic rings. The Bertz CT molecular complexity index is 991. The highest BCUT2D eigenvalue weighted by molar-refractivity contribution is 6.01. The van der Waals surface area contributed by atoms with E-state index >= 15 is 0 Å². The molecule has 1 aliphatic heterocycles. The van der Waals surface area contributed by atoms with Crippen LogP contribution in [0.25, 0.3) is 0 Å². The first kappa shape index (κ1) is 18.0. The molecule has 1 heterocycles. The number of hydrogen-bond donors (Lipinski definition) is 1. The summed E-state index contributed by atoms with van der Waals surface area (Å²) in [6, 6.07) is 22.2. The molecule has 0 bridgehead atoms. The molecular formula is C23H21FN2O2. The molecule has 1 amide bonds. The SMILES string of the molecule is COc1ccc([C@H]2Nc3ccccc3C(=O)N2CCc2ccccc2)cc1F. The second-order valence-corrected chi connectivity index (χ2v) is 6.72. The minimum absolute atomic E-state index is 0.0634. The molecule has 4 nitrogen and oxygen atoms in total. The Labute approximate surface area is 163 Å². The molecule has 1 N–H and O–H groups in total. The van der Waals surface area contributed by atoms with Gasteiger partial charge in [-0.3, -0.25) is 4.79 Å². The molecule has 5 heteroatoms. The van der Waals surface area contributed by atoms with Crippen molar-refractivity contribution in [1.82, 2.24) is 4.90 Å². The Morgan fingerprint density at radius 3 is 2.54 bits per heavy atom. The Hall–Kier alpha value is -3.34. The average molecular weight is 376 g/mol. The highest BCUT2D eigenvalue weighted by Gasteiger charge is 2.32. The number of hydrogen-bond acceptors (Lipinski definition) is 3. The van der Waals surface area contributed by atoms with Crippen molar-refractivity contribution >= 4 is 11.6 Å². The number of fused-ring (bicyclic) bond motifs is 1. The van der Waals surface area contributed by atoms with E-state index in [1.54, 1.807) is 17.0 Å². The Morgan fingerprint density at radius 2 is 1.79 bits per heavy atom. The van der Waals surface area contributed by atoms with Crippen LogP contribution in [0.15, 0.2) is 72.8 Å². The van der Waals surface area contributed by atoms with Gasteiger partial charge in [0.1, 0.15) is 6.17 Å². The molecule has 0 saturated heterocycles. The summed E-state index contributed by atoms with van der Waals surface area (Å²) in [5.74, 6) is -0.329. The number of ether oxygens (including phenoxy) is 1. The van der Waals surface area contributed by atoms with Crippen LogP contribution >= 0.6 is 0 Å². The van der Waals surface area contributed by atoms with Crippen molar-refractivity contribution in [2.45, 2.75) is 12.6 Å². The van der Waals surface area contributed by atoms with Crippen LogP contribution in [0.5, 0.6) is 5.75 Å². The number of para-hydroxylation sites is 1. The predicted octanol–water partition coefficient (Wildman–Crippen LogP) is 4.64. The highest BCUT2D eigenvalue weighted by Crippen LogP contribution is 2.34. The summed E-state index contributed by atoms with van der Waals surface area (Å²) < 4.78 is 19.3. The van der Waals surface area contributed by atoms with Crippen LogP contribution in [0.2, 0.25) is 0 Å². The van der Waals surface area contributed by atoms with Crippen molar-refractivity contribution < 1.29 is 13.9 Å². The monoisotopic (exact) mass is 376 g/mol. The van der Waals surface area contributed by atoms with Gasteiger partial charge < -0.3 is 15.0 Å². The summed E-state index contributed by atoms with van der Waals surface area (Å²) in [7, 11) is 1.43. The van der Waals surface area contributed by atoms with Crippen LogP contribution in [-0.2, 0) is 6.42 Å². The van der Waals surface area contributed by atoms with E-state index in [9.17, 15) is 9.18 Å². The third-order valence-corrected chi connectivity index (χ3v) is 5.00. The number of carbonyl (C=O) groups excluding carboxylic acids is 1. The second-order valence-electron chi connectivity index (χ2n) is 6.72. The van der Waals surface area contributed by atoms with Crippen LogP contribution in [0.3, 0.4) is 0 Å². The smallest absolute Gasteiger partial charge is 0.257 e. The van der Waals surface area contributed by atoms with Gasteiger partial charge in [0.05, 0.1) is 12.7 Å². The van der Waals surface area contributed by atoms with Gasteiger partial charge in [0.15, 0.2) is 11.6 Å². The summed E-state index contributed by atoms with van der Waals surface area (Å²) in [5, 5.41) is 3.39. The maximum absolute atomic E-state index is 14.3. The Kier molecular flexibility index (Phi) is 4.98. The molecule has 1 atom stereocenters. The lowest BCUT2D eigenvalue weighted by Crippen LogP contribution is -2.44. The standard InChI is InChI=1S/C23H21FN2O2/c1-28-21-12-11-17(15-19(21)24)22-25-20-10-6-5-9-18(20)23(27)26(22)14-13-16-7-3-2-4-8-16/h2-12,15,22,25H,13-14H2,1H3/t22-/m0/s1. The number of nitrogens with one attached hydrogen (secondary N) is 1. The van der Waals surface area contributed by atoms with Crippen LogP contribution in [0.4, 0.5) is 10.1 Å². The van der Waals surface area contributed by atoms with E-state index in [4.69, 9.17) is 4.74 Å². The first-order chi connectivity index (χ1) is 13.7. The number of nitrogens with zero attached hydrogens (tertiary/aromatic N) is 1. The van der Waals surface area contributed by atoms with E-state index in [0.29, 0.717) is 24.1 Å². The van der Waals surface area contributed by atoms with Crippen LogP contribution < -0.4 is 10.1 Å². The molecule has 0 saturated carbocycles. The van der Waals surface area contributed by atoms with Crippen molar-refractivity contribution in [3.8, 4) is 5.75 Å². The maximum Gasteiger partial charge on any atom is 0.257 e. The number of anilines is 1. The zero-order valence-corrected chi connectivity index (χ0v) is 15.6. The first-order valence-electron chi connectivity index (χ1n) is 9.21. The van der Waals surface area contributed by atoms with Crippen LogP contribution in [0, 0.1) is 5.82 Å². The van der Waals surface area contributed by atoms with E-state index < -0.39 is 12.0 Å². The lowest BCUT2D eigenvalue weighted by Gasteiger charge is -2.38. The molecule has 4 rings (SSSR count). The number of halogens is 1. The zero-order chi connectivity index (χ0) is 19.5. The Morgan fingerprint density at radius 1 is 1.04 bits per heavy atom. The molecule has 3 aromatic carbocycles. The first-order valence-corrected chi connectivity index (χ1v) is 9.21. The fourth-order valence-electron chi connectivity index (χ4n) is 3.53. The Balaban J connectivity index is 1.68. The molecule has 0 spiro atoms. The number of methoxy groups -OCH3 is 1. The molecule has 142 valence electrons. The van der Waals surface area contributed by atoms with Gasteiger partial charge in [-0.05, 0) is 41.8 Å². The van der Waals surface area contributed by atoms with Crippen molar-refractivity contribution in [2.24, 2.45) is 0 Å². The molecule has 0 radical (unpaired) electrons. The fourth-order valence-corrected chi connectivity index (χ4v) is 3.53. The van der Waals surface area contributed by atoms with Crippen molar-refractivity contribution in [2.75, 3.05) is 19.0 Å². The second kappa shape index (κ2) is 7.72. The molecule has 0 fully saturated rings. The van der Waals surface area contributed by atoms with Gasteiger partial charge in [0.25, 0.3) is 5.91 Å². The molecule has 0 aliphatic carbocycles. The highest BCUT2D eigenvalue weighted by atomic mass is 19.1. The van der Waals surface area contributed by atoms with Gasteiger partial charge in [0, 0.05) is 12.2 Å². The largest absolute Gasteiger partial charge is 0.494 e. The van der Waals surface area contributed by atoms with E-state index in [2.05, 4.69) is 5.32 Å². The van der Waals surface area contributed by atoms with E-state index in [0.717, 1.165) is 11.3 Å². The van der Waals surface area contributed by atoms with Crippen LogP contribution in [-0.4, -0.2) is 24.5 Å². The topological polar surface area (TPSA) is 41.6 Å². The number of rotatable bonds is 5. The predicted molar refractivity (Wildman–Crippen MR) is 107 cm³/mol. The number of carbonyl (C=O) groups is 1. The summed E-state index contributed by atoms with van der Waals surface area (Å²) in [5.41, 5.74) is 3.20.